The fourth-order valence-corrected chi connectivity index (χ4v) is 1.96. The van der Waals surface area contributed by atoms with Gasteiger partial charge in [0.05, 0.1) is 16.8 Å². The van der Waals surface area contributed by atoms with Crippen molar-refractivity contribution in [2.75, 3.05) is 5.32 Å². The molecule has 0 bridgehead atoms. The number of hydrogen-bond donors (Lipinski definition) is 2. The maximum Gasteiger partial charge on any atom is 0.241 e. The molecule has 1 rings (SSSR count). The van der Waals surface area contributed by atoms with Crippen molar-refractivity contribution in [3.8, 4) is 0 Å². The van der Waals surface area contributed by atoms with Crippen molar-refractivity contribution < 1.29 is 9.18 Å². The van der Waals surface area contributed by atoms with E-state index in [0.29, 0.717) is 16.6 Å². The van der Waals surface area contributed by atoms with E-state index in [2.05, 4.69) is 21.2 Å². The van der Waals surface area contributed by atoms with Gasteiger partial charge in [0.2, 0.25) is 5.91 Å². The molecule has 16 heavy (non-hydrogen) atoms. The summed E-state index contributed by atoms with van der Waals surface area (Å²) in [6, 6.07) is 1.74. The van der Waals surface area contributed by atoms with E-state index in [9.17, 15) is 9.18 Å². The van der Waals surface area contributed by atoms with E-state index in [4.69, 9.17) is 17.3 Å². The van der Waals surface area contributed by atoms with Crippen molar-refractivity contribution in [3.63, 3.8) is 0 Å². The van der Waals surface area contributed by atoms with Crippen LogP contribution in [0.1, 0.15) is 13.3 Å². The molecule has 3 nitrogen and oxygen atoms in total. The number of carbonyl (C=O) groups is 1. The van der Waals surface area contributed by atoms with Crippen LogP contribution in [-0.2, 0) is 4.79 Å². The predicted molar refractivity (Wildman–Crippen MR) is 66.0 cm³/mol. The lowest BCUT2D eigenvalue weighted by atomic mass is 10.2. The highest BCUT2D eigenvalue weighted by molar-refractivity contribution is 9.10. The van der Waals surface area contributed by atoms with Gasteiger partial charge in [0.25, 0.3) is 0 Å². The maximum absolute atomic E-state index is 12.9. The van der Waals surface area contributed by atoms with Crippen LogP contribution in [0.2, 0.25) is 5.02 Å². The fraction of sp³-hybridized carbons (Fsp3) is 0.300. The largest absolute Gasteiger partial charge is 0.322 e. The average Bonchev–Trinajstić information content (AvgIpc) is 2.21. The Balaban J connectivity index is 2.93. The van der Waals surface area contributed by atoms with Gasteiger partial charge in [-0.1, -0.05) is 18.5 Å². The SMILES string of the molecule is CCC(N)C(=O)Nc1c(Cl)cc(F)cc1Br. The molecule has 0 spiro atoms. The summed E-state index contributed by atoms with van der Waals surface area (Å²) in [7, 11) is 0. The lowest BCUT2D eigenvalue weighted by molar-refractivity contribution is -0.117. The number of hydrogen-bond acceptors (Lipinski definition) is 2. The molecule has 0 aromatic heterocycles. The Morgan fingerprint density at radius 2 is 2.31 bits per heavy atom. The molecule has 1 aromatic rings. The molecule has 1 atom stereocenters. The molecule has 0 saturated carbocycles. The average molecular weight is 310 g/mol. The standard InChI is InChI=1S/C10H11BrClFN2O/c1-2-8(14)10(16)15-9-6(11)3-5(13)4-7(9)12/h3-4,8H,2,14H2,1H3,(H,15,16). The molecule has 1 amide bonds. The topological polar surface area (TPSA) is 55.1 Å². The first-order valence-corrected chi connectivity index (χ1v) is 5.83. The molecular formula is C10H11BrClFN2O. The zero-order valence-corrected chi connectivity index (χ0v) is 10.9. The second-order valence-corrected chi connectivity index (χ2v) is 4.51. The van der Waals surface area contributed by atoms with Crippen LogP contribution < -0.4 is 11.1 Å². The highest BCUT2D eigenvalue weighted by Crippen LogP contribution is 2.31. The number of nitrogens with two attached hydrogens (primary N) is 1. The minimum atomic E-state index is -0.604. The van der Waals surface area contributed by atoms with Crippen LogP contribution in [0.4, 0.5) is 10.1 Å². The third-order valence-electron chi connectivity index (χ3n) is 2.03. The summed E-state index contributed by atoms with van der Waals surface area (Å²) < 4.78 is 13.3. The number of carbonyl (C=O) groups excluding carboxylic acids is 1. The van der Waals surface area contributed by atoms with Crippen LogP contribution >= 0.6 is 27.5 Å². The number of amides is 1. The van der Waals surface area contributed by atoms with Crippen molar-refractivity contribution in [2.45, 2.75) is 19.4 Å². The quantitative estimate of drug-likeness (QED) is 0.902. The van der Waals surface area contributed by atoms with Crippen LogP contribution in [0.5, 0.6) is 0 Å². The van der Waals surface area contributed by atoms with E-state index >= 15 is 0 Å². The van der Waals surface area contributed by atoms with Crippen LogP contribution in [0.15, 0.2) is 16.6 Å². The third-order valence-corrected chi connectivity index (χ3v) is 2.96. The first kappa shape index (κ1) is 13.4. The van der Waals surface area contributed by atoms with Gasteiger partial charge in [-0.05, 0) is 34.5 Å². The van der Waals surface area contributed by atoms with Gasteiger partial charge >= 0.3 is 0 Å². The summed E-state index contributed by atoms with van der Waals surface area (Å²) in [5.41, 5.74) is 5.88. The summed E-state index contributed by atoms with van der Waals surface area (Å²) in [4.78, 5) is 11.5. The Hall–Kier alpha value is -0.650. The number of halogens is 3. The molecule has 1 unspecified atom stereocenters. The van der Waals surface area contributed by atoms with E-state index in [0.717, 1.165) is 6.07 Å². The molecule has 6 heteroatoms. The van der Waals surface area contributed by atoms with Crippen molar-refractivity contribution in [1.82, 2.24) is 0 Å². The minimum absolute atomic E-state index is 0.128. The normalized spacial score (nSPS) is 12.3. The monoisotopic (exact) mass is 308 g/mol. The molecule has 88 valence electrons. The number of benzene rings is 1. The van der Waals surface area contributed by atoms with Crippen molar-refractivity contribution in [2.24, 2.45) is 5.73 Å². The molecular weight excluding hydrogens is 298 g/mol. The van der Waals surface area contributed by atoms with Crippen molar-refractivity contribution >= 4 is 39.1 Å². The van der Waals surface area contributed by atoms with E-state index in [1.807, 2.05) is 0 Å². The second kappa shape index (κ2) is 5.61. The highest BCUT2D eigenvalue weighted by Gasteiger charge is 2.15. The van der Waals surface area contributed by atoms with Gasteiger partial charge in [0.15, 0.2) is 0 Å². The first-order chi connectivity index (χ1) is 7.45. The van der Waals surface area contributed by atoms with Gasteiger partial charge in [0.1, 0.15) is 5.82 Å². The van der Waals surface area contributed by atoms with Crippen LogP contribution in [0.3, 0.4) is 0 Å². The second-order valence-electron chi connectivity index (χ2n) is 3.25. The third kappa shape index (κ3) is 3.17. The summed E-state index contributed by atoms with van der Waals surface area (Å²) >= 11 is 8.92. The first-order valence-electron chi connectivity index (χ1n) is 4.66. The van der Waals surface area contributed by atoms with Crippen LogP contribution in [0, 0.1) is 5.82 Å². The van der Waals surface area contributed by atoms with Gasteiger partial charge in [-0.15, -0.1) is 0 Å². The van der Waals surface area contributed by atoms with E-state index < -0.39 is 11.9 Å². The number of nitrogens with one attached hydrogen (secondary N) is 1. The number of rotatable bonds is 3. The van der Waals surface area contributed by atoms with Gasteiger partial charge in [-0.3, -0.25) is 4.79 Å². The van der Waals surface area contributed by atoms with Gasteiger partial charge < -0.3 is 11.1 Å². The summed E-state index contributed by atoms with van der Waals surface area (Å²) in [6.45, 7) is 1.80. The Labute approximate surface area is 106 Å². The highest BCUT2D eigenvalue weighted by atomic mass is 79.9. The maximum atomic E-state index is 12.9. The molecule has 0 aliphatic carbocycles. The molecule has 0 radical (unpaired) electrons. The molecule has 3 N–H and O–H groups in total. The lowest BCUT2D eigenvalue weighted by Gasteiger charge is -2.12. The summed E-state index contributed by atoms with van der Waals surface area (Å²) in [5.74, 6) is -0.827. The molecule has 0 heterocycles. The minimum Gasteiger partial charge on any atom is -0.322 e. The summed E-state index contributed by atoms with van der Waals surface area (Å²) in [5, 5.41) is 2.68. The van der Waals surface area contributed by atoms with E-state index in [-0.39, 0.29) is 10.9 Å². The predicted octanol–water partition coefficient (Wildman–Crippen LogP) is 2.92. The van der Waals surface area contributed by atoms with Gasteiger partial charge in [0, 0.05) is 4.47 Å². The van der Waals surface area contributed by atoms with Crippen molar-refractivity contribution in [3.05, 3.63) is 27.4 Å². The van der Waals surface area contributed by atoms with Crippen LogP contribution in [-0.4, -0.2) is 11.9 Å². The molecule has 0 aliphatic heterocycles. The molecule has 1 aromatic carbocycles. The molecule has 0 fully saturated rings. The molecule has 0 saturated heterocycles. The van der Waals surface area contributed by atoms with E-state index in [1.54, 1.807) is 6.92 Å². The van der Waals surface area contributed by atoms with Crippen LogP contribution in [0.25, 0.3) is 0 Å². The number of anilines is 1. The Bertz CT molecular complexity index is 391. The zero-order chi connectivity index (χ0) is 12.3. The van der Waals surface area contributed by atoms with Gasteiger partial charge in [-0.25, -0.2) is 4.39 Å². The fourth-order valence-electron chi connectivity index (χ4n) is 1.06. The Morgan fingerprint density at radius 1 is 1.69 bits per heavy atom. The Morgan fingerprint density at radius 3 is 2.81 bits per heavy atom. The van der Waals surface area contributed by atoms with Gasteiger partial charge in [-0.2, -0.15) is 0 Å². The van der Waals surface area contributed by atoms with Crippen molar-refractivity contribution in [1.29, 1.82) is 0 Å². The zero-order valence-electron chi connectivity index (χ0n) is 8.56. The Kier molecular flexibility index (Phi) is 4.70. The lowest BCUT2D eigenvalue weighted by Crippen LogP contribution is -2.35. The summed E-state index contributed by atoms with van der Waals surface area (Å²) in [6.07, 6.45) is 0.516. The smallest absolute Gasteiger partial charge is 0.241 e. The molecule has 0 aliphatic rings. The van der Waals surface area contributed by atoms with E-state index in [1.165, 1.54) is 6.07 Å².